The van der Waals surface area contributed by atoms with E-state index in [-0.39, 0.29) is 6.10 Å². The molecule has 0 aromatic heterocycles. The van der Waals surface area contributed by atoms with Crippen molar-refractivity contribution in [2.75, 3.05) is 0 Å². The van der Waals surface area contributed by atoms with Crippen LogP contribution < -0.4 is 0 Å². The highest BCUT2D eigenvalue weighted by Gasteiger charge is 2.00. The summed E-state index contributed by atoms with van der Waals surface area (Å²) in [5.41, 5.74) is 1.53. The summed E-state index contributed by atoms with van der Waals surface area (Å²) < 4.78 is 0. The molecule has 2 nitrogen and oxygen atoms in total. The molecule has 0 fully saturated rings. The Balaban J connectivity index is 2.31. The maximum Gasteiger partial charge on any atom is 0.0991 e. The van der Waals surface area contributed by atoms with Crippen LogP contribution in [0.5, 0.6) is 0 Å². The fourth-order valence-corrected chi connectivity index (χ4v) is 1.81. The molecule has 0 bridgehead atoms. The number of benzene rings is 1. The van der Waals surface area contributed by atoms with Gasteiger partial charge in [0.2, 0.25) is 0 Å². The zero-order chi connectivity index (χ0) is 13.9. The Morgan fingerprint density at radius 3 is 2.42 bits per heavy atom. The van der Waals surface area contributed by atoms with Crippen LogP contribution in [-0.2, 0) is 0 Å². The van der Waals surface area contributed by atoms with Gasteiger partial charge in [-0.25, -0.2) is 0 Å². The van der Waals surface area contributed by atoms with Gasteiger partial charge in [0, 0.05) is 12.0 Å². The molecule has 0 saturated heterocycles. The van der Waals surface area contributed by atoms with Crippen LogP contribution in [0.25, 0.3) is 0 Å². The van der Waals surface area contributed by atoms with Crippen molar-refractivity contribution in [1.82, 2.24) is 0 Å². The first-order valence-electron chi connectivity index (χ1n) is 6.93. The molecule has 1 unspecified atom stereocenters. The topological polar surface area (TPSA) is 44.0 Å². The highest BCUT2D eigenvalue weighted by molar-refractivity contribution is 5.39. The van der Waals surface area contributed by atoms with Crippen LogP contribution in [0.15, 0.2) is 24.3 Å². The van der Waals surface area contributed by atoms with Crippen molar-refractivity contribution >= 4 is 0 Å². The van der Waals surface area contributed by atoms with Crippen molar-refractivity contribution in [3.05, 3.63) is 35.4 Å². The van der Waals surface area contributed by atoms with Gasteiger partial charge in [-0.1, -0.05) is 44.4 Å². The van der Waals surface area contributed by atoms with E-state index < -0.39 is 0 Å². The van der Waals surface area contributed by atoms with Crippen LogP contribution in [-0.4, -0.2) is 11.2 Å². The third-order valence-corrected chi connectivity index (χ3v) is 2.98. The molecule has 1 rings (SSSR count). The number of rotatable bonds is 6. The first kappa shape index (κ1) is 15.3. The summed E-state index contributed by atoms with van der Waals surface area (Å²) in [4.78, 5) is 0. The molecule has 0 amide bonds. The fourth-order valence-electron chi connectivity index (χ4n) is 1.81. The van der Waals surface area contributed by atoms with Gasteiger partial charge in [-0.2, -0.15) is 5.26 Å². The molecular formula is C17H21NO. The molecule has 19 heavy (non-hydrogen) atoms. The van der Waals surface area contributed by atoms with E-state index in [9.17, 15) is 5.11 Å². The summed E-state index contributed by atoms with van der Waals surface area (Å²) in [5.74, 6) is 6.01. The highest BCUT2D eigenvalue weighted by atomic mass is 16.3. The first-order chi connectivity index (χ1) is 9.26. The Kier molecular flexibility index (Phi) is 7.40. The average molecular weight is 255 g/mol. The van der Waals surface area contributed by atoms with Gasteiger partial charge in [0.05, 0.1) is 17.7 Å². The van der Waals surface area contributed by atoms with Crippen LogP contribution in [0.2, 0.25) is 0 Å². The molecule has 0 spiro atoms. The monoisotopic (exact) mass is 255 g/mol. The molecular weight excluding hydrogens is 234 g/mol. The van der Waals surface area contributed by atoms with E-state index in [2.05, 4.69) is 24.8 Å². The standard InChI is InChI=1S/C17H21NO/c1-2-3-4-5-8-17(19)9-6-7-15-10-12-16(14-18)13-11-15/h10-13,17,19H,2-5,8-9H2,1H3. The maximum absolute atomic E-state index is 9.76. The molecule has 2 heteroatoms. The number of unbranched alkanes of at least 4 members (excludes halogenated alkanes) is 3. The van der Waals surface area contributed by atoms with Crippen LogP contribution >= 0.6 is 0 Å². The second-order valence-corrected chi connectivity index (χ2v) is 4.70. The molecule has 1 aromatic rings. The molecule has 1 aromatic carbocycles. The van der Waals surface area contributed by atoms with Gasteiger partial charge in [0.25, 0.3) is 0 Å². The second kappa shape index (κ2) is 9.20. The second-order valence-electron chi connectivity index (χ2n) is 4.70. The summed E-state index contributed by atoms with van der Waals surface area (Å²) in [6, 6.07) is 9.25. The predicted molar refractivity (Wildman–Crippen MR) is 77.4 cm³/mol. The van der Waals surface area contributed by atoms with Gasteiger partial charge in [-0.05, 0) is 30.7 Å². The summed E-state index contributed by atoms with van der Waals surface area (Å²) >= 11 is 0. The van der Waals surface area contributed by atoms with Crippen molar-refractivity contribution in [2.45, 2.75) is 51.6 Å². The van der Waals surface area contributed by atoms with E-state index in [1.54, 1.807) is 12.1 Å². The molecule has 0 aliphatic rings. The van der Waals surface area contributed by atoms with Crippen molar-refractivity contribution in [2.24, 2.45) is 0 Å². The van der Waals surface area contributed by atoms with Gasteiger partial charge in [0.15, 0.2) is 0 Å². The number of hydrogen-bond acceptors (Lipinski definition) is 2. The van der Waals surface area contributed by atoms with Crippen LogP contribution in [0.4, 0.5) is 0 Å². The number of nitriles is 1. The van der Waals surface area contributed by atoms with E-state index >= 15 is 0 Å². The van der Waals surface area contributed by atoms with Crippen molar-refractivity contribution in [3.8, 4) is 17.9 Å². The van der Waals surface area contributed by atoms with Crippen molar-refractivity contribution in [1.29, 1.82) is 5.26 Å². The lowest BCUT2D eigenvalue weighted by atomic mass is 10.1. The SMILES string of the molecule is CCCCCCC(O)CC#Cc1ccc(C#N)cc1. The van der Waals surface area contributed by atoms with E-state index in [4.69, 9.17) is 5.26 Å². The van der Waals surface area contributed by atoms with Gasteiger partial charge in [-0.15, -0.1) is 0 Å². The van der Waals surface area contributed by atoms with Gasteiger partial charge in [-0.3, -0.25) is 0 Å². The summed E-state index contributed by atoms with van der Waals surface area (Å²) in [5, 5.41) is 18.4. The molecule has 0 saturated carbocycles. The van der Waals surface area contributed by atoms with Gasteiger partial charge in [0.1, 0.15) is 0 Å². The molecule has 0 heterocycles. The number of aliphatic hydroxyl groups is 1. The predicted octanol–water partition coefficient (Wildman–Crippen LogP) is 3.63. The first-order valence-corrected chi connectivity index (χ1v) is 6.93. The lowest BCUT2D eigenvalue weighted by molar-refractivity contribution is 0.166. The minimum Gasteiger partial charge on any atom is -0.392 e. The maximum atomic E-state index is 9.76. The summed E-state index contributed by atoms with van der Waals surface area (Å²) in [7, 11) is 0. The normalized spacial score (nSPS) is 11.2. The van der Waals surface area contributed by atoms with E-state index in [1.165, 1.54) is 19.3 Å². The fraction of sp³-hybridized carbons (Fsp3) is 0.471. The molecule has 0 aliphatic carbocycles. The van der Waals surface area contributed by atoms with E-state index in [0.29, 0.717) is 12.0 Å². The molecule has 0 aliphatic heterocycles. The van der Waals surface area contributed by atoms with Crippen molar-refractivity contribution < 1.29 is 5.11 Å². The lowest BCUT2D eigenvalue weighted by Crippen LogP contribution is -2.04. The molecule has 1 N–H and O–H groups in total. The largest absolute Gasteiger partial charge is 0.392 e. The quantitative estimate of drug-likeness (QED) is 0.623. The van der Waals surface area contributed by atoms with E-state index in [0.717, 1.165) is 18.4 Å². The Labute approximate surface area is 116 Å². The Morgan fingerprint density at radius 1 is 1.11 bits per heavy atom. The van der Waals surface area contributed by atoms with Crippen LogP contribution in [0.3, 0.4) is 0 Å². The minimum absolute atomic E-state index is 0.317. The highest BCUT2D eigenvalue weighted by Crippen LogP contribution is 2.07. The smallest absolute Gasteiger partial charge is 0.0991 e. The van der Waals surface area contributed by atoms with E-state index in [1.807, 2.05) is 12.1 Å². The molecule has 1 atom stereocenters. The zero-order valence-corrected chi connectivity index (χ0v) is 11.5. The van der Waals surface area contributed by atoms with Crippen LogP contribution in [0, 0.1) is 23.2 Å². The average Bonchev–Trinajstić information content (AvgIpc) is 2.44. The third kappa shape index (κ3) is 6.65. The minimum atomic E-state index is -0.317. The Bertz CT molecular complexity index is 459. The molecule has 100 valence electrons. The zero-order valence-electron chi connectivity index (χ0n) is 11.5. The molecule has 0 radical (unpaired) electrons. The van der Waals surface area contributed by atoms with Gasteiger partial charge >= 0.3 is 0 Å². The van der Waals surface area contributed by atoms with Gasteiger partial charge < -0.3 is 5.11 Å². The third-order valence-electron chi connectivity index (χ3n) is 2.98. The number of hydrogen-bond donors (Lipinski definition) is 1. The summed E-state index contributed by atoms with van der Waals surface area (Å²) in [6.07, 6.45) is 5.76. The van der Waals surface area contributed by atoms with Crippen molar-refractivity contribution in [3.63, 3.8) is 0 Å². The number of aliphatic hydroxyl groups excluding tert-OH is 1. The number of nitrogens with zero attached hydrogens (tertiary/aromatic N) is 1. The Hall–Kier alpha value is -1.77. The van der Waals surface area contributed by atoms with Crippen LogP contribution in [0.1, 0.15) is 56.6 Å². The Morgan fingerprint density at radius 2 is 1.79 bits per heavy atom. The summed E-state index contributed by atoms with van der Waals surface area (Å²) in [6.45, 7) is 2.18. The lowest BCUT2D eigenvalue weighted by Gasteiger charge is -2.05.